The van der Waals surface area contributed by atoms with Crippen LogP contribution in [0.25, 0.3) is 0 Å². The highest BCUT2D eigenvalue weighted by Gasteiger charge is 2.38. The molecule has 2 aromatic carbocycles. The molecule has 0 radical (unpaired) electrons. The molecule has 238 valence electrons. The van der Waals surface area contributed by atoms with Crippen molar-refractivity contribution in [1.29, 1.82) is 0 Å². The minimum absolute atomic E-state index is 0.0793. The van der Waals surface area contributed by atoms with Crippen LogP contribution in [0.4, 0.5) is 36.7 Å². The molecule has 3 aromatic rings. The van der Waals surface area contributed by atoms with E-state index < -0.39 is 12.1 Å². The van der Waals surface area contributed by atoms with Crippen LogP contribution in [-0.4, -0.2) is 70.8 Å². The third-order valence-electron chi connectivity index (χ3n) is 6.35. The Morgan fingerprint density at radius 2 is 1.70 bits per heavy atom. The summed E-state index contributed by atoms with van der Waals surface area (Å²) >= 11 is 0. The zero-order chi connectivity index (χ0) is 32.5. The lowest BCUT2D eigenvalue weighted by atomic mass is 9.96. The fourth-order valence-corrected chi connectivity index (χ4v) is 4.30. The van der Waals surface area contributed by atoms with Crippen molar-refractivity contribution >= 4 is 35.4 Å². The van der Waals surface area contributed by atoms with Crippen LogP contribution < -0.4 is 26.2 Å². The monoisotopic (exact) mass is 616 g/mol. The van der Waals surface area contributed by atoms with Gasteiger partial charge in [-0.25, -0.2) is 4.79 Å². The summed E-state index contributed by atoms with van der Waals surface area (Å²) in [7, 11) is 1.99. The Morgan fingerprint density at radius 1 is 1.05 bits per heavy atom. The Morgan fingerprint density at radius 3 is 2.30 bits per heavy atom. The number of aryl methyl sites for hydroxylation is 1. The van der Waals surface area contributed by atoms with Crippen LogP contribution >= 0.6 is 0 Å². The standard InChI is InChI=1S/C28H38N8O.C2HF3O2/c1-19-11-12-21(24(37)30-16-20-9-7-6-8-10-20)15-23(19)32-26-33-25(31-22-13-14-29-17-22)34-27(35-26)36(5)18-28(2,3)4;3-2(4,5)1(6)7/h6-12,15,22,29H,13-14,16-18H2,1-5H3,(H,30,37)(H2,31,32,33,34,35);(H,6,7)/t22-;/m1./s1. The largest absolute Gasteiger partial charge is 0.490 e. The molecule has 1 atom stereocenters. The van der Waals surface area contributed by atoms with Crippen LogP contribution in [-0.2, 0) is 11.3 Å². The number of carbonyl (C=O) groups is 2. The molecule has 1 aliphatic heterocycles. The van der Waals surface area contributed by atoms with Gasteiger partial charge in [0.2, 0.25) is 17.8 Å². The summed E-state index contributed by atoms with van der Waals surface area (Å²) in [4.78, 5) is 37.9. The molecule has 1 saturated heterocycles. The Hall–Kier alpha value is -4.46. The first-order valence-corrected chi connectivity index (χ1v) is 14.0. The van der Waals surface area contributed by atoms with Crippen molar-refractivity contribution in [3.05, 3.63) is 65.2 Å². The number of hydrogen-bond acceptors (Lipinski definition) is 9. The van der Waals surface area contributed by atoms with E-state index in [1.807, 2.05) is 67.4 Å². The molecule has 0 bridgehead atoms. The van der Waals surface area contributed by atoms with Crippen LogP contribution in [0.3, 0.4) is 0 Å². The number of aromatic nitrogens is 3. The SMILES string of the molecule is Cc1ccc(C(=O)NCc2ccccc2)cc1Nc1nc(N[C@@H]2CCNC2)nc(N(C)CC(C)(C)C)n1.O=C(O)C(F)(F)F. The summed E-state index contributed by atoms with van der Waals surface area (Å²) in [6.07, 6.45) is -4.07. The summed E-state index contributed by atoms with van der Waals surface area (Å²) in [6, 6.07) is 15.7. The van der Waals surface area contributed by atoms with E-state index in [1.165, 1.54) is 0 Å². The highest BCUT2D eigenvalue weighted by Crippen LogP contribution is 2.24. The molecule has 5 N–H and O–H groups in total. The number of carboxylic acid groups (broad SMARTS) is 1. The van der Waals surface area contributed by atoms with Gasteiger partial charge in [-0.15, -0.1) is 0 Å². The van der Waals surface area contributed by atoms with Crippen molar-refractivity contribution in [3.63, 3.8) is 0 Å². The number of rotatable bonds is 9. The van der Waals surface area contributed by atoms with E-state index in [0.29, 0.717) is 30.0 Å². The Labute approximate surface area is 254 Å². The van der Waals surface area contributed by atoms with Crippen molar-refractivity contribution in [2.24, 2.45) is 5.41 Å². The number of halogens is 3. The number of carboxylic acids is 1. The minimum atomic E-state index is -5.08. The molecule has 0 unspecified atom stereocenters. The lowest BCUT2D eigenvalue weighted by Gasteiger charge is -2.27. The second kappa shape index (κ2) is 14.8. The first-order chi connectivity index (χ1) is 20.6. The van der Waals surface area contributed by atoms with Crippen molar-refractivity contribution in [3.8, 4) is 0 Å². The molecule has 1 aromatic heterocycles. The molecule has 0 saturated carbocycles. The minimum Gasteiger partial charge on any atom is -0.475 e. The van der Waals surface area contributed by atoms with Gasteiger partial charge in [-0.3, -0.25) is 4.79 Å². The van der Waals surface area contributed by atoms with E-state index in [0.717, 1.165) is 42.9 Å². The number of hydrogen-bond donors (Lipinski definition) is 5. The zero-order valence-corrected chi connectivity index (χ0v) is 25.4. The Kier molecular flexibility index (Phi) is 11.5. The number of benzene rings is 2. The summed E-state index contributed by atoms with van der Waals surface area (Å²) < 4.78 is 31.7. The van der Waals surface area contributed by atoms with Crippen LogP contribution in [0.15, 0.2) is 48.5 Å². The van der Waals surface area contributed by atoms with Gasteiger partial charge >= 0.3 is 12.1 Å². The van der Waals surface area contributed by atoms with Crippen LogP contribution in [0.1, 0.15) is 48.7 Å². The van der Waals surface area contributed by atoms with Gasteiger partial charge < -0.3 is 31.3 Å². The van der Waals surface area contributed by atoms with E-state index in [4.69, 9.17) is 19.9 Å². The summed E-state index contributed by atoms with van der Waals surface area (Å²) in [5.41, 5.74) is 3.46. The molecule has 2 heterocycles. The summed E-state index contributed by atoms with van der Waals surface area (Å²) in [5, 5.41) is 20.3. The quantitative estimate of drug-likeness (QED) is 0.229. The number of amides is 1. The van der Waals surface area contributed by atoms with E-state index in [9.17, 15) is 18.0 Å². The number of anilines is 4. The van der Waals surface area contributed by atoms with E-state index >= 15 is 0 Å². The topological polar surface area (TPSA) is 144 Å². The van der Waals surface area contributed by atoms with Crippen molar-refractivity contribution < 1.29 is 27.9 Å². The first-order valence-electron chi connectivity index (χ1n) is 14.0. The molecule has 11 nitrogen and oxygen atoms in total. The van der Waals surface area contributed by atoms with Gasteiger partial charge in [-0.05, 0) is 48.6 Å². The van der Waals surface area contributed by atoms with Crippen LogP contribution in [0, 0.1) is 12.3 Å². The maximum Gasteiger partial charge on any atom is 0.490 e. The van der Waals surface area contributed by atoms with E-state index in [1.54, 1.807) is 0 Å². The van der Waals surface area contributed by atoms with Gasteiger partial charge in [0.05, 0.1) is 0 Å². The summed E-state index contributed by atoms with van der Waals surface area (Å²) in [6.45, 7) is 11.7. The number of nitrogens with zero attached hydrogens (tertiary/aromatic N) is 4. The molecule has 44 heavy (non-hydrogen) atoms. The Bertz CT molecular complexity index is 1410. The Balaban J connectivity index is 0.000000676. The van der Waals surface area contributed by atoms with Crippen molar-refractivity contribution in [2.75, 3.05) is 42.2 Å². The predicted octanol–water partition coefficient (Wildman–Crippen LogP) is 4.74. The second-order valence-corrected chi connectivity index (χ2v) is 11.7. The number of carbonyl (C=O) groups excluding carboxylic acids is 1. The number of aliphatic carboxylic acids is 1. The van der Waals surface area contributed by atoms with Gasteiger partial charge in [0.1, 0.15) is 0 Å². The van der Waals surface area contributed by atoms with Crippen molar-refractivity contribution in [1.82, 2.24) is 25.6 Å². The highest BCUT2D eigenvalue weighted by molar-refractivity contribution is 5.95. The molecule has 1 amide bonds. The predicted molar refractivity (Wildman–Crippen MR) is 163 cm³/mol. The number of alkyl halides is 3. The van der Waals surface area contributed by atoms with Gasteiger partial charge in [0.25, 0.3) is 5.91 Å². The smallest absolute Gasteiger partial charge is 0.475 e. The molecular formula is C30H39F3N8O3. The molecule has 14 heteroatoms. The van der Waals surface area contributed by atoms with Crippen LogP contribution in [0.5, 0.6) is 0 Å². The maximum absolute atomic E-state index is 12.9. The normalized spacial score (nSPS) is 14.7. The average Bonchev–Trinajstić information content (AvgIpc) is 3.45. The molecule has 0 spiro atoms. The lowest BCUT2D eigenvalue weighted by Crippen LogP contribution is -2.31. The van der Waals surface area contributed by atoms with Gasteiger partial charge in [-0.2, -0.15) is 28.1 Å². The average molecular weight is 617 g/mol. The van der Waals surface area contributed by atoms with E-state index in [2.05, 4.69) is 47.0 Å². The van der Waals surface area contributed by atoms with Crippen LogP contribution in [0.2, 0.25) is 0 Å². The van der Waals surface area contributed by atoms with E-state index in [-0.39, 0.29) is 17.4 Å². The maximum atomic E-state index is 12.9. The van der Waals surface area contributed by atoms with Gasteiger partial charge in [-0.1, -0.05) is 57.2 Å². The number of nitrogens with one attached hydrogen (secondary N) is 4. The van der Waals surface area contributed by atoms with Gasteiger partial charge in [0.15, 0.2) is 0 Å². The lowest BCUT2D eigenvalue weighted by molar-refractivity contribution is -0.192. The summed E-state index contributed by atoms with van der Waals surface area (Å²) in [5.74, 6) is -1.33. The molecular weight excluding hydrogens is 577 g/mol. The second-order valence-electron chi connectivity index (χ2n) is 11.7. The third kappa shape index (κ3) is 11.0. The first kappa shape index (κ1) is 34.0. The molecule has 1 aliphatic rings. The fourth-order valence-electron chi connectivity index (χ4n) is 4.30. The fraction of sp³-hybridized carbons (Fsp3) is 0.433. The third-order valence-corrected chi connectivity index (χ3v) is 6.35. The molecule has 0 aliphatic carbocycles. The van der Waals surface area contributed by atoms with Crippen molar-refractivity contribution in [2.45, 2.75) is 52.9 Å². The molecule has 4 rings (SSSR count). The highest BCUT2D eigenvalue weighted by atomic mass is 19.4. The molecule has 1 fully saturated rings. The zero-order valence-electron chi connectivity index (χ0n) is 25.4. The van der Waals surface area contributed by atoms with Gasteiger partial charge in [0, 0.05) is 44.0 Å².